The fraction of sp³-hybridized carbons (Fsp3) is 0.0714. The monoisotopic (exact) mass is 255 g/mol. The third-order valence-electron chi connectivity index (χ3n) is 2.90. The maximum absolute atomic E-state index is 13.6. The fourth-order valence-electron chi connectivity index (χ4n) is 1.92. The van der Waals surface area contributed by atoms with Gasteiger partial charge in [0.2, 0.25) is 0 Å². The van der Waals surface area contributed by atoms with Gasteiger partial charge in [0.1, 0.15) is 12.1 Å². The van der Waals surface area contributed by atoms with Crippen molar-refractivity contribution in [2.45, 2.75) is 6.54 Å². The molecule has 4 nitrogen and oxygen atoms in total. The summed E-state index contributed by atoms with van der Waals surface area (Å²) in [6.07, 6.45) is 2.97. The van der Waals surface area contributed by atoms with Gasteiger partial charge in [-0.05, 0) is 18.2 Å². The van der Waals surface area contributed by atoms with Gasteiger partial charge in [-0.1, -0.05) is 18.2 Å². The van der Waals surface area contributed by atoms with E-state index in [1.54, 1.807) is 36.5 Å². The van der Waals surface area contributed by atoms with Crippen molar-refractivity contribution in [2.75, 3.05) is 0 Å². The maximum Gasteiger partial charge on any atom is 0.263 e. The lowest BCUT2D eigenvalue weighted by Crippen LogP contribution is -2.21. The third-order valence-corrected chi connectivity index (χ3v) is 2.90. The van der Waals surface area contributed by atoms with Gasteiger partial charge in [0.25, 0.3) is 5.56 Å². The van der Waals surface area contributed by atoms with Crippen molar-refractivity contribution >= 4 is 11.0 Å². The molecular weight excluding hydrogens is 245 g/mol. The minimum atomic E-state index is -0.333. The molecule has 3 rings (SSSR count). The van der Waals surface area contributed by atoms with E-state index < -0.39 is 0 Å². The first kappa shape index (κ1) is 11.5. The highest BCUT2D eigenvalue weighted by molar-refractivity contribution is 5.72. The predicted octanol–water partition coefficient (Wildman–Crippen LogP) is 1.98. The van der Waals surface area contributed by atoms with E-state index in [2.05, 4.69) is 9.97 Å². The van der Waals surface area contributed by atoms with Gasteiger partial charge in [0, 0.05) is 11.8 Å². The number of hydrogen-bond donors (Lipinski definition) is 0. The lowest BCUT2D eigenvalue weighted by atomic mass is 10.2. The zero-order valence-corrected chi connectivity index (χ0v) is 9.95. The van der Waals surface area contributed by atoms with Gasteiger partial charge in [-0.3, -0.25) is 9.36 Å². The van der Waals surface area contributed by atoms with Crippen molar-refractivity contribution in [3.8, 4) is 0 Å². The first-order chi connectivity index (χ1) is 9.25. The molecule has 0 atom stereocenters. The lowest BCUT2D eigenvalue weighted by molar-refractivity contribution is 0.595. The largest absolute Gasteiger partial charge is 0.294 e. The Bertz CT molecular complexity index is 798. The van der Waals surface area contributed by atoms with Crippen LogP contribution >= 0.6 is 0 Å². The summed E-state index contributed by atoms with van der Waals surface area (Å²) in [6, 6.07) is 9.71. The minimum absolute atomic E-state index is 0.156. The van der Waals surface area contributed by atoms with Crippen LogP contribution in [0.4, 0.5) is 4.39 Å². The standard InChI is InChI=1S/C14H10FN3O/c15-12-6-2-1-4-10(12)8-18-9-17-13-11(14(18)19)5-3-7-16-13/h1-7,9H,8H2. The molecule has 2 aromatic heterocycles. The summed E-state index contributed by atoms with van der Waals surface area (Å²) in [6.45, 7) is 0.156. The molecule has 0 unspecified atom stereocenters. The van der Waals surface area contributed by atoms with Crippen molar-refractivity contribution in [3.63, 3.8) is 0 Å². The molecule has 0 aliphatic heterocycles. The second-order valence-electron chi connectivity index (χ2n) is 4.14. The summed E-state index contributed by atoms with van der Waals surface area (Å²) >= 11 is 0. The van der Waals surface area contributed by atoms with Gasteiger partial charge in [-0.25, -0.2) is 14.4 Å². The van der Waals surface area contributed by atoms with Crippen LogP contribution in [0.2, 0.25) is 0 Å². The Morgan fingerprint density at radius 3 is 2.79 bits per heavy atom. The van der Waals surface area contributed by atoms with Crippen LogP contribution in [0.3, 0.4) is 0 Å². The molecule has 0 aliphatic carbocycles. The summed E-state index contributed by atoms with van der Waals surface area (Å²) in [5.41, 5.74) is 0.633. The Labute approximate surface area is 108 Å². The van der Waals surface area contributed by atoms with Crippen LogP contribution in [0.5, 0.6) is 0 Å². The molecule has 0 amide bonds. The van der Waals surface area contributed by atoms with E-state index >= 15 is 0 Å². The highest BCUT2D eigenvalue weighted by atomic mass is 19.1. The fourth-order valence-corrected chi connectivity index (χ4v) is 1.92. The highest BCUT2D eigenvalue weighted by Gasteiger charge is 2.07. The third kappa shape index (κ3) is 2.10. The number of fused-ring (bicyclic) bond motifs is 1. The molecule has 1 aromatic carbocycles. The highest BCUT2D eigenvalue weighted by Crippen LogP contribution is 2.08. The average molecular weight is 255 g/mol. The second-order valence-corrected chi connectivity index (χ2v) is 4.14. The molecule has 0 radical (unpaired) electrons. The lowest BCUT2D eigenvalue weighted by Gasteiger charge is -2.07. The molecule has 3 aromatic rings. The van der Waals surface area contributed by atoms with Gasteiger partial charge in [0.05, 0.1) is 11.9 Å². The predicted molar refractivity (Wildman–Crippen MR) is 69.3 cm³/mol. The summed E-state index contributed by atoms with van der Waals surface area (Å²) in [5.74, 6) is -0.333. The molecule has 5 heteroatoms. The maximum atomic E-state index is 13.6. The second kappa shape index (κ2) is 4.61. The van der Waals surface area contributed by atoms with Gasteiger partial charge in [0.15, 0.2) is 5.65 Å². The Kier molecular flexibility index (Phi) is 2.79. The smallest absolute Gasteiger partial charge is 0.263 e. The zero-order valence-electron chi connectivity index (χ0n) is 9.95. The van der Waals surface area contributed by atoms with E-state index in [0.717, 1.165) is 0 Å². The van der Waals surface area contributed by atoms with Crippen LogP contribution < -0.4 is 5.56 Å². The van der Waals surface area contributed by atoms with Crippen LogP contribution in [-0.4, -0.2) is 14.5 Å². The van der Waals surface area contributed by atoms with E-state index in [1.165, 1.54) is 17.0 Å². The average Bonchev–Trinajstić information content (AvgIpc) is 2.44. The molecule has 94 valence electrons. The molecule has 0 spiro atoms. The van der Waals surface area contributed by atoms with Crippen LogP contribution in [0.15, 0.2) is 53.7 Å². The first-order valence-electron chi connectivity index (χ1n) is 5.79. The molecular formula is C14H10FN3O. The van der Waals surface area contributed by atoms with Crippen molar-refractivity contribution in [2.24, 2.45) is 0 Å². The van der Waals surface area contributed by atoms with Crippen molar-refractivity contribution in [3.05, 3.63) is 70.7 Å². The van der Waals surface area contributed by atoms with Crippen molar-refractivity contribution in [1.82, 2.24) is 14.5 Å². The number of aromatic nitrogens is 3. The normalized spacial score (nSPS) is 10.8. The summed E-state index contributed by atoms with van der Waals surface area (Å²) in [4.78, 5) is 20.3. The Morgan fingerprint density at radius 1 is 1.11 bits per heavy atom. The zero-order chi connectivity index (χ0) is 13.2. The quantitative estimate of drug-likeness (QED) is 0.703. The molecule has 0 aliphatic rings. The Morgan fingerprint density at radius 2 is 1.95 bits per heavy atom. The van der Waals surface area contributed by atoms with Gasteiger partial charge in [-0.2, -0.15) is 0 Å². The molecule has 0 N–H and O–H groups in total. The van der Waals surface area contributed by atoms with Crippen molar-refractivity contribution in [1.29, 1.82) is 0 Å². The van der Waals surface area contributed by atoms with E-state index in [9.17, 15) is 9.18 Å². The molecule has 0 saturated heterocycles. The van der Waals surface area contributed by atoms with E-state index in [1.807, 2.05) is 0 Å². The number of nitrogens with zero attached hydrogens (tertiary/aromatic N) is 3. The first-order valence-corrected chi connectivity index (χ1v) is 5.79. The van der Waals surface area contributed by atoms with Crippen LogP contribution in [0.1, 0.15) is 5.56 Å². The molecule has 0 bridgehead atoms. The SMILES string of the molecule is O=c1c2cccnc2ncn1Cc1ccccc1F. The molecule has 19 heavy (non-hydrogen) atoms. The van der Waals surface area contributed by atoms with E-state index in [-0.39, 0.29) is 17.9 Å². The summed E-state index contributed by atoms with van der Waals surface area (Å²) in [7, 11) is 0. The van der Waals surface area contributed by atoms with Crippen LogP contribution in [0.25, 0.3) is 11.0 Å². The minimum Gasteiger partial charge on any atom is -0.294 e. The number of halogens is 1. The van der Waals surface area contributed by atoms with Crippen LogP contribution in [-0.2, 0) is 6.54 Å². The molecule has 0 fully saturated rings. The molecule has 0 saturated carbocycles. The summed E-state index contributed by atoms with van der Waals surface area (Å²) in [5, 5.41) is 0.432. The number of benzene rings is 1. The number of pyridine rings is 1. The topological polar surface area (TPSA) is 47.8 Å². The summed E-state index contributed by atoms with van der Waals surface area (Å²) < 4.78 is 15.0. The number of hydrogen-bond acceptors (Lipinski definition) is 3. The van der Waals surface area contributed by atoms with Gasteiger partial charge < -0.3 is 0 Å². The Hall–Kier alpha value is -2.56. The Balaban J connectivity index is 2.10. The number of rotatable bonds is 2. The van der Waals surface area contributed by atoms with Crippen molar-refractivity contribution < 1.29 is 4.39 Å². The van der Waals surface area contributed by atoms with E-state index in [4.69, 9.17) is 0 Å². The van der Waals surface area contributed by atoms with E-state index in [0.29, 0.717) is 16.6 Å². The molecule has 2 heterocycles. The van der Waals surface area contributed by atoms with Crippen LogP contribution in [0, 0.1) is 5.82 Å². The van der Waals surface area contributed by atoms with Gasteiger partial charge >= 0.3 is 0 Å². The van der Waals surface area contributed by atoms with Gasteiger partial charge in [-0.15, -0.1) is 0 Å².